The molecule has 2 rings (SSSR count). The molecule has 0 radical (unpaired) electrons. The normalized spacial score (nSPS) is 21.2. The molecule has 1 heterocycles. The topological polar surface area (TPSA) is 64.9 Å². The van der Waals surface area contributed by atoms with E-state index in [9.17, 15) is 0 Å². The van der Waals surface area contributed by atoms with Gasteiger partial charge in [-0.1, -0.05) is 24.9 Å². The SMILES string of the molecule is CCC(c1nc(C2CCCC2)no1)C(C)N. The Hall–Kier alpha value is -0.900. The van der Waals surface area contributed by atoms with Crippen molar-refractivity contribution in [3.63, 3.8) is 0 Å². The number of rotatable bonds is 4. The molecule has 4 heteroatoms. The van der Waals surface area contributed by atoms with Gasteiger partial charge in [0, 0.05) is 12.0 Å². The average molecular weight is 223 g/mol. The molecular formula is C12H21N3O. The van der Waals surface area contributed by atoms with Crippen LogP contribution in [0.1, 0.15) is 69.5 Å². The molecule has 4 nitrogen and oxygen atoms in total. The Balaban J connectivity index is 2.11. The van der Waals surface area contributed by atoms with Gasteiger partial charge in [-0.3, -0.25) is 0 Å². The lowest BCUT2D eigenvalue weighted by atomic mass is 9.99. The fourth-order valence-corrected chi connectivity index (χ4v) is 2.52. The Morgan fingerprint density at radius 3 is 2.69 bits per heavy atom. The fourth-order valence-electron chi connectivity index (χ4n) is 2.52. The van der Waals surface area contributed by atoms with Crippen molar-refractivity contribution in [3.8, 4) is 0 Å². The summed E-state index contributed by atoms with van der Waals surface area (Å²) in [7, 11) is 0. The van der Waals surface area contributed by atoms with Gasteiger partial charge in [0.15, 0.2) is 5.82 Å². The number of hydrogen-bond acceptors (Lipinski definition) is 4. The Morgan fingerprint density at radius 2 is 2.12 bits per heavy atom. The average Bonchev–Trinajstić information content (AvgIpc) is 2.86. The molecule has 0 aromatic carbocycles. The van der Waals surface area contributed by atoms with Crippen molar-refractivity contribution in [2.24, 2.45) is 5.73 Å². The zero-order valence-electron chi connectivity index (χ0n) is 10.1. The van der Waals surface area contributed by atoms with Gasteiger partial charge in [0.25, 0.3) is 0 Å². The van der Waals surface area contributed by atoms with Crippen molar-refractivity contribution in [3.05, 3.63) is 11.7 Å². The molecule has 0 spiro atoms. The third-order valence-electron chi connectivity index (χ3n) is 3.57. The second kappa shape index (κ2) is 4.95. The van der Waals surface area contributed by atoms with Crippen LogP contribution >= 0.6 is 0 Å². The minimum Gasteiger partial charge on any atom is -0.339 e. The maximum Gasteiger partial charge on any atom is 0.231 e. The highest BCUT2D eigenvalue weighted by Gasteiger charge is 2.26. The molecule has 90 valence electrons. The third kappa shape index (κ3) is 2.26. The number of hydrogen-bond donors (Lipinski definition) is 1. The first-order valence-electron chi connectivity index (χ1n) is 6.31. The zero-order valence-corrected chi connectivity index (χ0v) is 10.1. The van der Waals surface area contributed by atoms with E-state index < -0.39 is 0 Å². The maximum atomic E-state index is 5.91. The van der Waals surface area contributed by atoms with E-state index in [0.717, 1.165) is 18.1 Å². The molecule has 2 N–H and O–H groups in total. The van der Waals surface area contributed by atoms with E-state index in [2.05, 4.69) is 17.1 Å². The predicted octanol–water partition coefficient (Wildman–Crippen LogP) is 2.57. The van der Waals surface area contributed by atoms with Crippen LogP contribution in [0.25, 0.3) is 0 Å². The van der Waals surface area contributed by atoms with Gasteiger partial charge in [-0.05, 0) is 26.2 Å². The predicted molar refractivity (Wildman–Crippen MR) is 62.2 cm³/mol. The van der Waals surface area contributed by atoms with Crippen molar-refractivity contribution in [2.75, 3.05) is 0 Å². The molecule has 2 atom stereocenters. The van der Waals surface area contributed by atoms with Gasteiger partial charge in [-0.15, -0.1) is 0 Å². The van der Waals surface area contributed by atoms with Gasteiger partial charge >= 0.3 is 0 Å². The number of nitrogens with two attached hydrogens (primary N) is 1. The van der Waals surface area contributed by atoms with E-state index in [1.165, 1.54) is 25.7 Å². The summed E-state index contributed by atoms with van der Waals surface area (Å²) in [4.78, 5) is 4.53. The van der Waals surface area contributed by atoms with Gasteiger partial charge in [0.05, 0.1) is 5.92 Å². The van der Waals surface area contributed by atoms with Crippen molar-refractivity contribution in [1.82, 2.24) is 10.1 Å². The van der Waals surface area contributed by atoms with Crippen LogP contribution in [0.15, 0.2) is 4.52 Å². The van der Waals surface area contributed by atoms with Gasteiger partial charge < -0.3 is 10.3 Å². The van der Waals surface area contributed by atoms with Crippen LogP contribution in [0, 0.1) is 0 Å². The molecule has 0 bridgehead atoms. The van der Waals surface area contributed by atoms with Gasteiger partial charge in [-0.2, -0.15) is 4.98 Å². The molecule has 1 aliphatic carbocycles. The van der Waals surface area contributed by atoms with Crippen molar-refractivity contribution < 1.29 is 4.52 Å². The quantitative estimate of drug-likeness (QED) is 0.852. The smallest absolute Gasteiger partial charge is 0.231 e. The van der Waals surface area contributed by atoms with Gasteiger partial charge in [-0.25, -0.2) is 0 Å². The molecule has 16 heavy (non-hydrogen) atoms. The highest BCUT2D eigenvalue weighted by atomic mass is 16.5. The molecule has 1 aliphatic rings. The second-order valence-electron chi connectivity index (χ2n) is 4.85. The Morgan fingerprint density at radius 1 is 1.44 bits per heavy atom. The molecular weight excluding hydrogens is 202 g/mol. The highest BCUT2D eigenvalue weighted by Crippen LogP contribution is 2.33. The second-order valence-corrected chi connectivity index (χ2v) is 4.85. The van der Waals surface area contributed by atoms with Crippen LogP contribution < -0.4 is 5.73 Å². The fraction of sp³-hybridized carbons (Fsp3) is 0.833. The summed E-state index contributed by atoms with van der Waals surface area (Å²) in [5, 5.41) is 4.11. The molecule has 1 fully saturated rings. The summed E-state index contributed by atoms with van der Waals surface area (Å²) < 4.78 is 5.35. The van der Waals surface area contributed by atoms with Crippen molar-refractivity contribution in [1.29, 1.82) is 0 Å². The van der Waals surface area contributed by atoms with E-state index in [-0.39, 0.29) is 12.0 Å². The van der Waals surface area contributed by atoms with Crippen LogP contribution in [0.5, 0.6) is 0 Å². The van der Waals surface area contributed by atoms with E-state index in [4.69, 9.17) is 10.3 Å². The van der Waals surface area contributed by atoms with Gasteiger partial charge in [0.1, 0.15) is 0 Å². The summed E-state index contributed by atoms with van der Waals surface area (Å²) in [5.74, 6) is 2.33. The first-order valence-corrected chi connectivity index (χ1v) is 6.31. The van der Waals surface area contributed by atoms with E-state index in [0.29, 0.717) is 5.92 Å². The minimum atomic E-state index is 0.0712. The van der Waals surface area contributed by atoms with Crippen molar-refractivity contribution in [2.45, 2.75) is 63.8 Å². The van der Waals surface area contributed by atoms with Crippen molar-refractivity contribution >= 4 is 0 Å². The highest BCUT2D eigenvalue weighted by molar-refractivity contribution is 5.02. The molecule has 0 saturated heterocycles. The molecule has 1 saturated carbocycles. The number of aromatic nitrogens is 2. The monoisotopic (exact) mass is 223 g/mol. The van der Waals surface area contributed by atoms with E-state index >= 15 is 0 Å². The molecule has 1 aromatic heterocycles. The van der Waals surface area contributed by atoms with Crippen LogP contribution in [0.3, 0.4) is 0 Å². The largest absolute Gasteiger partial charge is 0.339 e. The first kappa shape index (κ1) is 11.6. The lowest BCUT2D eigenvalue weighted by Crippen LogP contribution is -2.24. The first-order chi connectivity index (χ1) is 7.72. The molecule has 0 aliphatic heterocycles. The summed E-state index contributed by atoms with van der Waals surface area (Å²) in [6.07, 6.45) is 5.93. The van der Waals surface area contributed by atoms with Crippen LogP contribution in [-0.2, 0) is 0 Å². The summed E-state index contributed by atoms with van der Waals surface area (Å²) in [6, 6.07) is 0.0712. The summed E-state index contributed by atoms with van der Waals surface area (Å²) in [5.41, 5.74) is 5.91. The van der Waals surface area contributed by atoms with E-state index in [1.807, 2.05) is 6.92 Å². The molecule has 0 amide bonds. The molecule has 2 unspecified atom stereocenters. The van der Waals surface area contributed by atoms with Crippen LogP contribution in [0.2, 0.25) is 0 Å². The Labute approximate surface area is 96.6 Å². The Bertz CT molecular complexity index is 329. The summed E-state index contributed by atoms with van der Waals surface area (Å²) >= 11 is 0. The maximum absolute atomic E-state index is 5.91. The number of nitrogens with zero attached hydrogens (tertiary/aromatic N) is 2. The third-order valence-corrected chi connectivity index (χ3v) is 3.57. The lowest BCUT2D eigenvalue weighted by molar-refractivity contribution is 0.329. The van der Waals surface area contributed by atoms with Gasteiger partial charge in [0.2, 0.25) is 5.89 Å². The van der Waals surface area contributed by atoms with Crippen LogP contribution in [0.4, 0.5) is 0 Å². The van der Waals surface area contributed by atoms with Crippen LogP contribution in [-0.4, -0.2) is 16.2 Å². The zero-order chi connectivity index (χ0) is 11.5. The Kier molecular flexibility index (Phi) is 3.59. The standard InChI is InChI=1S/C12H21N3O/c1-3-10(8(2)13)12-14-11(15-16-12)9-6-4-5-7-9/h8-10H,3-7,13H2,1-2H3. The molecule has 1 aromatic rings. The lowest BCUT2D eigenvalue weighted by Gasteiger charge is -2.13. The van der Waals surface area contributed by atoms with E-state index in [1.54, 1.807) is 0 Å². The summed E-state index contributed by atoms with van der Waals surface area (Å²) in [6.45, 7) is 4.10. The minimum absolute atomic E-state index is 0.0712.